The smallest absolute Gasteiger partial charge is 0.335 e. The number of nitrogens with one attached hydrogen (secondary N) is 2. The van der Waals surface area contributed by atoms with Gasteiger partial charge in [-0.15, -0.1) is 0 Å². The molecule has 312 valence electrons. The molecule has 0 spiro atoms. The molecule has 1 atom stereocenters. The molecule has 0 bridgehead atoms. The van der Waals surface area contributed by atoms with E-state index in [4.69, 9.17) is 37.8 Å². The SMILES string of the molecule is C=O.CCCN(CC)CCn1cc(/C=C(\CCCOc2cc(C)c(Cl)c(C)c2)c2ccc(Cl)c(-c3c(C)nn(C)c3C)c2N[C@H](C)CNC)c2cc(C(=O)O)ccc21. The number of halogens is 2. The monoisotopic (exact) mass is 830 g/mol. The quantitative estimate of drug-likeness (QED) is 0.0705. The first kappa shape index (κ1) is 46.1. The number of ether oxygens (including phenoxy) is 1. The minimum Gasteiger partial charge on any atom is -0.494 e. The second kappa shape index (κ2) is 21.4. The third kappa shape index (κ3) is 10.9. The lowest BCUT2D eigenvalue weighted by molar-refractivity contribution is -0.0980. The molecule has 2 heterocycles. The van der Waals surface area contributed by atoms with Gasteiger partial charge in [0, 0.05) is 82.8 Å². The summed E-state index contributed by atoms with van der Waals surface area (Å²) in [6.07, 6.45) is 6.90. The van der Waals surface area contributed by atoms with E-state index in [0.717, 1.165) is 123 Å². The summed E-state index contributed by atoms with van der Waals surface area (Å²) in [6.45, 7) is 21.5. The Morgan fingerprint density at radius 3 is 2.34 bits per heavy atom. The fourth-order valence-corrected chi connectivity index (χ4v) is 8.00. The number of hydrogen-bond acceptors (Lipinski definition) is 7. The summed E-state index contributed by atoms with van der Waals surface area (Å²) >= 11 is 13.6. The number of fused-ring (bicyclic) bond motifs is 1. The first-order valence-electron chi connectivity index (χ1n) is 20.0. The molecule has 5 rings (SSSR count). The molecule has 12 heteroatoms. The predicted molar refractivity (Wildman–Crippen MR) is 242 cm³/mol. The Labute approximate surface area is 354 Å². The van der Waals surface area contributed by atoms with Crippen LogP contribution in [0.5, 0.6) is 5.75 Å². The van der Waals surface area contributed by atoms with Crippen molar-refractivity contribution in [1.29, 1.82) is 0 Å². The number of aryl methyl sites for hydroxylation is 4. The van der Waals surface area contributed by atoms with Crippen LogP contribution in [-0.2, 0) is 18.4 Å². The number of likely N-dealkylation sites (N-methyl/N-ethyl adjacent to an activating group) is 2. The summed E-state index contributed by atoms with van der Waals surface area (Å²) in [4.78, 5) is 22.7. The Balaban J connectivity index is 0.00000366. The Morgan fingerprint density at radius 1 is 1.03 bits per heavy atom. The van der Waals surface area contributed by atoms with Crippen molar-refractivity contribution in [3.05, 3.63) is 97.9 Å². The van der Waals surface area contributed by atoms with Crippen molar-refractivity contribution in [3.63, 3.8) is 0 Å². The van der Waals surface area contributed by atoms with Gasteiger partial charge in [0.1, 0.15) is 12.5 Å². The second-order valence-electron chi connectivity index (χ2n) is 14.9. The van der Waals surface area contributed by atoms with Gasteiger partial charge in [-0.3, -0.25) is 4.68 Å². The van der Waals surface area contributed by atoms with Crippen molar-refractivity contribution in [2.45, 2.75) is 80.3 Å². The molecule has 10 nitrogen and oxygen atoms in total. The normalized spacial score (nSPS) is 12.2. The lowest BCUT2D eigenvalue weighted by Gasteiger charge is -2.24. The number of carbonyl (C=O) groups is 2. The number of aromatic nitrogens is 3. The highest BCUT2D eigenvalue weighted by Crippen LogP contribution is 2.44. The van der Waals surface area contributed by atoms with Gasteiger partial charge in [-0.25, -0.2) is 4.79 Å². The van der Waals surface area contributed by atoms with E-state index in [1.165, 1.54) is 0 Å². The van der Waals surface area contributed by atoms with Crippen LogP contribution >= 0.6 is 23.2 Å². The maximum absolute atomic E-state index is 12.3. The van der Waals surface area contributed by atoms with E-state index in [-0.39, 0.29) is 11.6 Å². The van der Waals surface area contributed by atoms with Gasteiger partial charge in [0.15, 0.2) is 0 Å². The maximum Gasteiger partial charge on any atom is 0.335 e. The summed E-state index contributed by atoms with van der Waals surface area (Å²) in [5.41, 5.74) is 11.1. The van der Waals surface area contributed by atoms with E-state index in [2.05, 4.69) is 66.1 Å². The Morgan fingerprint density at radius 2 is 1.74 bits per heavy atom. The number of carbonyl (C=O) groups excluding carboxylic acids is 1. The average molecular weight is 832 g/mol. The molecule has 0 amide bonds. The zero-order valence-electron chi connectivity index (χ0n) is 35.6. The van der Waals surface area contributed by atoms with E-state index in [0.29, 0.717) is 18.1 Å². The standard InChI is InChI=1S/C45H58Cl2N6O3.CH2O/c1-10-18-52(11-2)19-20-53-27-35(38-25-34(45(54)55)14-17-40(38)53)24-33(13-12-21-56-36-22-28(3)43(47)29(4)23-36)37-15-16-39(46)42(44(37)49-30(5)26-48-8)41-31(6)50-51(9)32(41)7;1-2/h14-17,22-25,27,30,48-49H,10-13,18-21,26H2,1-9H3,(H,54,55);1H2/b33-24+;/t30-;/m1./s1. The molecule has 0 radical (unpaired) electrons. The minimum atomic E-state index is -0.950. The fourth-order valence-electron chi connectivity index (χ4n) is 7.64. The number of allylic oxidation sites excluding steroid dienone is 1. The van der Waals surface area contributed by atoms with Crippen molar-refractivity contribution in [2.24, 2.45) is 7.05 Å². The highest BCUT2D eigenvalue weighted by molar-refractivity contribution is 6.34. The summed E-state index contributed by atoms with van der Waals surface area (Å²) in [5, 5.41) is 24.3. The van der Waals surface area contributed by atoms with Gasteiger partial charge in [0.2, 0.25) is 0 Å². The first-order valence-corrected chi connectivity index (χ1v) is 20.7. The van der Waals surface area contributed by atoms with E-state index >= 15 is 0 Å². The van der Waals surface area contributed by atoms with Crippen molar-refractivity contribution in [2.75, 3.05) is 45.2 Å². The number of benzene rings is 3. The predicted octanol–water partition coefficient (Wildman–Crippen LogP) is 10.2. The molecule has 3 aromatic carbocycles. The molecular weight excluding hydrogens is 771 g/mol. The van der Waals surface area contributed by atoms with Crippen molar-refractivity contribution in [3.8, 4) is 16.9 Å². The topological polar surface area (TPSA) is 114 Å². The highest BCUT2D eigenvalue weighted by Gasteiger charge is 2.24. The molecule has 0 fully saturated rings. The Bertz CT molecular complexity index is 2200. The minimum absolute atomic E-state index is 0.0684. The third-order valence-electron chi connectivity index (χ3n) is 10.6. The molecule has 0 aliphatic heterocycles. The van der Waals surface area contributed by atoms with Crippen LogP contribution in [0.1, 0.15) is 84.0 Å². The number of hydrogen-bond donors (Lipinski definition) is 3. The third-order valence-corrected chi connectivity index (χ3v) is 11.5. The summed E-state index contributed by atoms with van der Waals surface area (Å²) < 4.78 is 10.5. The lowest BCUT2D eigenvalue weighted by atomic mass is 9.91. The van der Waals surface area contributed by atoms with Crippen LogP contribution in [0.4, 0.5) is 5.69 Å². The summed E-state index contributed by atoms with van der Waals surface area (Å²) in [5.74, 6) is -0.155. The second-order valence-corrected chi connectivity index (χ2v) is 15.6. The van der Waals surface area contributed by atoms with Gasteiger partial charge in [-0.1, -0.05) is 43.1 Å². The number of rotatable bonds is 19. The lowest BCUT2D eigenvalue weighted by Crippen LogP contribution is -2.28. The molecule has 0 aliphatic rings. The molecular formula is C46H60Cl2N6O4. The van der Waals surface area contributed by atoms with Crippen molar-refractivity contribution >= 4 is 64.2 Å². The number of carboxylic acids is 1. The zero-order chi connectivity index (χ0) is 42.7. The molecule has 0 aliphatic carbocycles. The van der Waals surface area contributed by atoms with E-state index in [1.807, 2.05) is 70.6 Å². The molecule has 2 aromatic heterocycles. The average Bonchev–Trinajstić information content (AvgIpc) is 3.67. The van der Waals surface area contributed by atoms with E-state index < -0.39 is 5.97 Å². The maximum atomic E-state index is 12.3. The molecule has 3 N–H and O–H groups in total. The van der Waals surface area contributed by atoms with Crippen LogP contribution in [0.3, 0.4) is 0 Å². The molecule has 5 aromatic rings. The summed E-state index contributed by atoms with van der Waals surface area (Å²) in [7, 11) is 3.91. The summed E-state index contributed by atoms with van der Waals surface area (Å²) in [6, 6.07) is 13.6. The molecule has 0 unspecified atom stereocenters. The Kier molecular flexibility index (Phi) is 17.0. The van der Waals surface area contributed by atoms with E-state index in [1.54, 1.807) is 12.1 Å². The van der Waals surface area contributed by atoms with Gasteiger partial charge in [0.05, 0.1) is 28.6 Å². The first-order chi connectivity index (χ1) is 27.8. The fraction of sp³-hybridized carbons (Fsp3) is 0.413. The van der Waals surface area contributed by atoms with Gasteiger partial charge in [-0.2, -0.15) is 5.10 Å². The highest BCUT2D eigenvalue weighted by atomic mass is 35.5. The number of carboxylic acid groups (broad SMARTS) is 1. The number of anilines is 1. The van der Waals surface area contributed by atoms with Crippen LogP contribution in [0.2, 0.25) is 10.0 Å². The van der Waals surface area contributed by atoms with Gasteiger partial charge in [-0.05, 0) is 133 Å². The number of nitrogens with zero attached hydrogens (tertiary/aromatic N) is 4. The van der Waals surface area contributed by atoms with Gasteiger partial charge in [0.25, 0.3) is 0 Å². The van der Waals surface area contributed by atoms with Gasteiger partial charge < -0.3 is 34.7 Å². The molecule has 0 saturated carbocycles. The van der Waals surface area contributed by atoms with Crippen molar-refractivity contribution < 1.29 is 19.4 Å². The van der Waals surface area contributed by atoms with Gasteiger partial charge >= 0.3 is 5.97 Å². The van der Waals surface area contributed by atoms with Crippen LogP contribution < -0.4 is 15.4 Å². The largest absolute Gasteiger partial charge is 0.494 e. The van der Waals surface area contributed by atoms with E-state index in [9.17, 15) is 9.90 Å². The van der Waals surface area contributed by atoms with Crippen molar-refractivity contribution in [1.82, 2.24) is 24.6 Å². The molecule has 58 heavy (non-hydrogen) atoms. The van der Waals surface area contributed by atoms with Crippen LogP contribution in [0, 0.1) is 27.7 Å². The number of aromatic carboxylic acids is 1. The Hall–Kier alpha value is -4.61. The zero-order valence-corrected chi connectivity index (χ0v) is 37.1. The van der Waals surface area contributed by atoms with Crippen LogP contribution in [0.25, 0.3) is 33.7 Å². The van der Waals surface area contributed by atoms with Crippen LogP contribution in [-0.4, -0.2) is 83.0 Å². The molecule has 0 saturated heterocycles. The van der Waals surface area contributed by atoms with Crippen LogP contribution in [0.15, 0.2) is 48.7 Å².